The summed E-state index contributed by atoms with van der Waals surface area (Å²) >= 11 is 6.13. The molecule has 8 nitrogen and oxygen atoms in total. The van der Waals surface area contributed by atoms with Crippen molar-refractivity contribution < 1.29 is 14.4 Å². The standard InChI is InChI=1S/C29H26ClN5O3/c1-2-18-3-10-23(11-4-18)33-29(38)24-17-22(30)9-12-25(24)34-28(37)21-7-5-19(6-8-21)26(31)35-15-13-20(14-16-35)27(32)36/h1,3-12,17,20,31H,13-16H2,(H2,32,36)(H,33,38)(H,34,37). The van der Waals surface area contributed by atoms with Gasteiger partial charge in [-0.3, -0.25) is 19.8 Å². The van der Waals surface area contributed by atoms with Crippen LogP contribution in [0.25, 0.3) is 0 Å². The Hall–Kier alpha value is -4.61. The van der Waals surface area contributed by atoms with Crippen LogP contribution in [0.5, 0.6) is 0 Å². The van der Waals surface area contributed by atoms with Gasteiger partial charge in [0.1, 0.15) is 5.84 Å². The molecule has 9 heteroatoms. The Morgan fingerprint density at radius 1 is 0.921 bits per heavy atom. The van der Waals surface area contributed by atoms with Crippen molar-refractivity contribution in [1.82, 2.24) is 4.90 Å². The SMILES string of the molecule is C#Cc1ccc(NC(=O)c2cc(Cl)ccc2NC(=O)c2ccc(C(=N)N3CCC(C(N)=O)CC3)cc2)cc1. The van der Waals surface area contributed by atoms with Gasteiger partial charge >= 0.3 is 0 Å². The lowest BCUT2D eigenvalue weighted by atomic mass is 9.95. The summed E-state index contributed by atoms with van der Waals surface area (Å²) in [6.45, 7) is 1.15. The smallest absolute Gasteiger partial charge is 0.257 e. The van der Waals surface area contributed by atoms with Crippen LogP contribution < -0.4 is 16.4 Å². The maximum atomic E-state index is 13.0. The van der Waals surface area contributed by atoms with Crippen LogP contribution in [0.2, 0.25) is 5.02 Å². The minimum atomic E-state index is -0.444. The molecule has 4 rings (SSSR count). The van der Waals surface area contributed by atoms with Crippen molar-refractivity contribution in [2.45, 2.75) is 12.8 Å². The molecule has 1 aliphatic rings. The highest BCUT2D eigenvalue weighted by atomic mass is 35.5. The summed E-state index contributed by atoms with van der Waals surface area (Å²) < 4.78 is 0. The zero-order chi connectivity index (χ0) is 27.2. The summed E-state index contributed by atoms with van der Waals surface area (Å²) in [5.41, 5.74) is 8.14. The third-order valence-electron chi connectivity index (χ3n) is 6.42. The molecule has 1 saturated heterocycles. The van der Waals surface area contributed by atoms with Crippen LogP contribution in [0.3, 0.4) is 0 Å². The molecule has 0 bridgehead atoms. The fraction of sp³-hybridized carbons (Fsp3) is 0.172. The predicted molar refractivity (Wildman–Crippen MR) is 148 cm³/mol. The van der Waals surface area contributed by atoms with Crippen molar-refractivity contribution in [3.8, 4) is 12.3 Å². The Kier molecular flexibility index (Phi) is 8.09. The second kappa shape index (κ2) is 11.6. The first-order chi connectivity index (χ1) is 18.2. The van der Waals surface area contributed by atoms with Gasteiger partial charge in [0.05, 0.1) is 11.3 Å². The van der Waals surface area contributed by atoms with Crippen molar-refractivity contribution in [2.75, 3.05) is 23.7 Å². The number of terminal acetylenes is 1. The molecular weight excluding hydrogens is 502 g/mol. The number of nitrogens with zero attached hydrogens (tertiary/aromatic N) is 1. The maximum absolute atomic E-state index is 13.0. The van der Waals surface area contributed by atoms with Gasteiger partial charge in [0.25, 0.3) is 11.8 Å². The number of hydrogen-bond acceptors (Lipinski definition) is 4. The number of likely N-dealkylation sites (tertiary alicyclic amines) is 1. The van der Waals surface area contributed by atoms with Crippen LogP contribution in [0.1, 0.15) is 44.7 Å². The molecule has 0 atom stereocenters. The summed E-state index contributed by atoms with van der Waals surface area (Å²) in [6, 6.07) is 18.1. The number of anilines is 2. The highest BCUT2D eigenvalue weighted by molar-refractivity contribution is 6.31. The van der Waals surface area contributed by atoms with Crippen LogP contribution in [0, 0.1) is 23.7 Å². The Bertz CT molecular complexity index is 1420. The van der Waals surface area contributed by atoms with Crippen molar-refractivity contribution >= 4 is 46.5 Å². The van der Waals surface area contributed by atoms with E-state index in [-0.39, 0.29) is 17.4 Å². The minimum absolute atomic E-state index is 0.154. The zero-order valence-electron chi connectivity index (χ0n) is 20.5. The first-order valence-corrected chi connectivity index (χ1v) is 12.3. The average Bonchev–Trinajstić information content (AvgIpc) is 2.94. The lowest BCUT2D eigenvalue weighted by Crippen LogP contribution is -2.41. The molecule has 0 radical (unpaired) electrons. The zero-order valence-corrected chi connectivity index (χ0v) is 21.2. The van der Waals surface area contributed by atoms with Gasteiger partial charge in [0.2, 0.25) is 5.91 Å². The molecule has 5 N–H and O–H groups in total. The van der Waals surface area contributed by atoms with Gasteiger partial charge in [0.15, 0.2) is 0 Å². The van der Waals surface area contributed by atoms with Gasteiger partial charge in [0, 0.05) is 46.4 Å². The monoisotopic (exact) mass is 527 g/mol. The number of piperidine rings is 1. The number of carbonyl (C=O) groups is 3. The van der Waals surface area contributed by atoms with Gasteiger partial charge in [-0.1, -0.05) is 29.7 Å². The second-order valence-corrected chi connectivity index (χ2v) is 9.35. The third kappa shape index (κ3) is 6.20. The largest absolute Gasteiger partial charge is 0.369 e. The molecular formula is C29H26ClN5O3. The molecule has 1 aliphatic heterocycles. The topological polar surface area (TPSA) is 128 Å². The Morgan fingerprint density at radius 2 is 1.55 bits per heavy atom. The van der Waals surface area contributed by atoms with Crippen LogP contribution in [0.4, 0.5) is 11.4 Å². The number of nitrogens with one attached hydrogen (secondary N) is 3. The van der Waals surface area contributed by atoms with Gasteiger partial charge in [-0.25, -0.2) is 0 Å². The number of rotatable bonds is 6. The minimum Gasteiger partial charge on any atom is -0.369 e. The maximum Gasteiger partial charge on any atom is 0.257 e. The second-order valence-electron chi connectivity index (χ2n) is 8.91. The molecule has 1 heterocycles. The Balaban J connectivity index is 1.43. The van der Waals surface area contributed by atoms with Gasteiger partial charge in [-0.15, -0.1) is 6.42 Å². The number of carbonyl (C=O) groups excluding carboxylic acids is 3. The number of benzene rings is 3. The average molecular weight is 528 g/mol. The number of amides is 3. The van der Waals surface area contributed by atoms with E-state index in [1.54, 1.807) is 60.7 Å². The molecule has 0 unspecified atom stereocenters. The molecule has 38 heavy (non-hydrogen) atoms. The van der Waals surface area contributed by atoms with E-state index in [2.05, 4.69) is 16.6 Å². The normalized spacial score (nSPS) is 13.3. The first-order valence-electron chi connectivity index (χ1n) is 12.0. The number of hydrogen-bond donors (Lipinski definition) is 4. The lowest BCUT2D eigenvalue weighted by Gasteiger charge is -2.32. The molecule has 3 amide bonds. The van der Waals surface area contributed by atoms with E-state index in [1.807, 2.05) is 4.90 Å². The number of amidine groups is 1. The first kappa shape index (κ1) is 26.5. The van der Waals surface area contributed by atoms with Crippen LogP contribution in [-0.2, 0) is 4.79 Å². The Labute approximate surface area is 225 Å². The summed E-state index contributed by atoms with van der Waals surface area (Å²) in [6.07, 6.45) is 6.61. The highest BCUT2D eigenvalue weighted by Gasteiger charge is 2.25. The van der Waals surface area contributed by atoms with E-state index in [1.165, 1.54) is 6.07 Å². The van der Waals surface area contributed by atoms with E-state index in [4.69, 9.17) is 29.2 Å². The van der Waals surface area contributed by atoms with E-state index >= 15 is 0 Å². The van der Waals surface area contributed by atoms with Gasteiger partial charge in [-0.05, 0) is 67.4 Å². The number of nitrogens with two attached hydrogens (primary N) is 1. The quantitative estimate of drug-likeness (QED) is 0.216. The molecule has 0 aliphatic carbocycles. The van der Waals surface area contributed by atoms with Gasteiger partial charge in [-0.2, -0.15) is 0 Å². The van der Waals surface area contributed by atoms with E-state index < -0.39 is 11.8 Å². The van der Waals surface area contributed by atoms with Crippen molar-refractivity contribution in [1.29, 1.82) is 5.41 Å². The summed E-state index contributed by atoms with van der Waals surface area (Å²) in [5, 5.41) is 14.4. The molecule has 3 aromatic carbocycles. The van der Waals surface area contributed by atoms with E-state index in [0.717, 1.165) is 0 Å². The molecule has 0 saturated carbocycles. The number of halogens is 1. The van der Waals surface area contributed by atoms with Crippen molar-refractivity contribution in [3.63, 3.8) is 0 Å². The van der Waals surface area contributed by atoms with E-state index in [0.29, 0.717) is 64.9 Å². The molecule has 192 valence electrons. The molecule has 0 spiro atoms. The summed E-state index contributed by atoms with van der Waals surface area (Å²) in [7, 11) is 0. The fourth-order valence-electron chi connectivity index (χ4n) is 4.21. The lowest BCUT2D eigenvalue weighted by molar-refractivity contribution is -0.122. The van der Waals surface area contributed by atoms with Crippen LogP contribution >= 0.6 is 11.6 Å². The van der Waals surface area contributed by atoms with Crippen LogP contribution in [-0.4, -0.2) is 41.5 Å². The number of primary amides is 1. The molecule has 3 aromatic rings. The predicted octanol–water partition coefficient (Wildman–Crippen LogP) is 4.35. The summed E-state index contributed by atoms with van der Waals surface area (Å²) in [4.78, 5) is 39.2. The molecule has 0 aromatic heterocycles. The van der Waals surface area contributed by atoms with Crippen LogP contribution in [0.15, 0.2) is 66.7 Å². The van der Waals surface area contributed by atoms with Crippen molar-refractivity contribution in [2.24, 2.45) is 11.7 Å². The van der Waals surface area contributed by atoms with E-state index in [9.17, 15) is 14.4 Å². The highest BCUT2D eigenvalue weighted by Crippen LogP contribution is 2.24. The Morgan fingerprint density at radius 3 is 2.16 bits per heavy atom. The summed E-state index contributed by atoms with van der Waals surface area (Å²) in [5.74, 6) is 1.53. The molecule has 1 fully saturated rings. The third-order valence-corrected chi connectivity index (χ3v) is 6.65. The fourth-order valence-corrected chi connectivity index (χ4v) is 4.38. The van der Waals surface area contributed by atoms with Crippen molar-refractivity contribution in [3.05, 3.63) is 94.0 Å². The van der Waals surface area contributed by atoms with Gasteiger partial charge < -0.3 is 21.3 Å².